The van der Waals surface area contributed by atoms with Gasteiger partial charge in [0.1, 0.15) is 5.82 Å². The van der Waals surface area contributed by atoms with Crippen molar-refractivity contribution in [1.29, 1.82) is 0 Å². The number of ketones is 1. The molecule has 0 spiro atoms. The molecule has 0 bridgehead atoms. The van der Waals surface area contributed by atoms with Gasteiger partial charge in [0.2, 0.25) is 0 Å². The van der Waals surface area contributed by atoms with Crippen LogP contribution in [0.4, 0.5) is 4.39 Å². The van der Waals surface area contributed by atoms with E-state index >= 15 is 0 Å². The third-order valence-corrected chi connectivity index (χ3v) is 7.07. The van der Waals surface area contributed by atoms with Gasteiger partial charge in [0.15, 0.2) is 16.8 Å². The van der Waals surface area contributed by atoms with Crippen LogP contribution in [0.2, 0.25) is 0 Å². The molecule has 4 aromatic rings. The molecule has 4 rings (SSSR count). The fraction of sp³-hybridized carbons (Fsp3) is 0.276. The maximum absolute atomic E-state index is 14.6. The van der Waals surface area contributed by atoms with Gasteiger partial charge in [-0.15, -0.1) is 10.2 Å². The molecule has 3 aromatic carbocycles. The van der Waals surface area contributed by atoms with Crippen molar-refractivity contribution in [3.8, 4) is 11.4 Å². The molecule has 6 heteroatoms. The second-order valence-corrected chi connectivity index (χ2v) is 10.9. The quantitative estimate of drug-likeness (QED) is 0.199. The number of Topliss-reactive ketones (excluding diaryl/α,β-unsaturated/α-hetero) is 1. The molecule has 0 aliphatic rings. The van der Waals surface area contributed by atoms with Crippen LogP contribution < -0.4 is 0 Å². The Labute approximate surface area is 210 Å². The van der Waals surface area contributed by atoms with Gasteiger partial charge in [-0.05, 0) is 42.0 Å². The molecule has 0 fully saturated rings. The minimum Gasteiger partial charge on any atom is -0.302 e. The van der Waals surface area contributed by atoms with E-state index in [0.29, 0.717) is 28.7 Å². The lowest BCUT2D eigenvalue weighted by molar-refractivity contribution is 0.0993. The normalized spacial score (nSPS) is 12.5. The molecule has 35 heavy (non-hydrogen) atoms. The molecule has 0 N–H and O–H groups in total. The van der Waals surface area contributed by atoms with Gasteiger partial charge in [-0.1, -0.05) is 99.3 Å². The Morgan fingerprint density at radius 2 is 1.60 bits per heavy atom. The molecular weight excluding hydrogens is 457 g/mol. The summed E-state index contributed by atoms with van der Waals surface area (Å²) >= 11 is 1.36. The zero-order valence-electron chi connectivity index (χ0n) is 20.5. The van der Waals surface area contributed by atoms with E-state index in [9.17, 15) is 9.18 Å². The Morgan fingerprint density at radius 1 is 0.943 bits per heavy atom. The summed E-state index contributed by atoms with van der Waals surface area (Å²) in [5, 5.41) is 8.92. The van der Waals surface area contributed by atoms with E-state index in [2.05, 4.69) is 43.1 Å². The maximum atomic E-state index is 14.6. The minimum atomic E-state index is -0.372. The number of carbonyl (C=O) groups excluding carboxylic acids is 1. The van der Waals surface area contributed by atoms with E-state index in [0.717, 1.165) is 6.42 Å². The Kier molecular flexibility index (Phi) is 7.51. The number of carbonyl (C=O) groups is 1. The Morgan fingerprint density at radius 3 is 2.26 bits per heavy atom. The van der Waals surface area contributed by atoms with Crippen molar-refractivity contribution in [2.75, 3.05) is 0 Å². The van der Waals surface area contributed by atoms with Crippen molar-refractivity contribution in [1.82, 2.24) is 14.8 Å². The van der Waals surface area contributed by atoms with Gasteiger partial charge in [0, 0.05) is 12.1 Å². The Bertz CT molecular complexity index is 1290. The van der Waals surface area contributed by atoms with E-state index in [1.807, 2.05) is 54.0 Å². The molecule has 0 aliphatic carbocycles. The largest absolute Gasteiger partial charge is 0.302 e. The molecular formula is C29H30FN3OS. The van der Waals surface area contributed by atoms with E-state index in [1.165, 1.54) is 29.0 Å². The summed E-state index contributed by atoms with van der Waals surface area (Å²) in [6.45, 7) is 8.90. The van der Waals surface area contributed by atoms with E-state index in [1.54, 1.807) is 18.2 Å². The first-order valence-electron chi connectivity index (χ1n) is 11.8. The number of halogens is 1. The monoisotopic (exact) mass is 487 g/mol. The highest BCUT2D eigenvalue weighted by Gasteiger charge is 2.23. The van der Waals surface area contributed by atoms with Crippen LogP contribution in [-0.4, -0.2) is 25.8 Å². The van der Waals surface area contributed by atoms with Crippen LogP contribution in [0.1, 0.15) is 49.2 Å². The Balaban J connectivity index is 1.59. The van der Waals surface area contributed by atoms with Gasteiger partial charge in [-0.25, -0.2) is 4.39 Å². The summed E-state index contributed by atoms with van der Waals surface area (Å²) in [5.74, 6) is 0.150. The molecule has 1 atom stereocenters. The second-order valence-electron chi connectivity index (χ2n) is 9.62. The number of rotatable bonds is 8. The van der Waals surface area contributed by atoms with E-state index in [-0.39, 0.29) is 22.3 Å². The molecule has 1 heterocycles. The number of hydrogen-bond acceptors (Lipinski definition) is 4. The van der Waals surface area contributed by atoms with Crippen LogP contribution in [0.5, 0.6) is 0 Å². The van der Waals surface area contributed by atoms with Crippen molar-refractivity contribution in [2.24, 2.45) is 0 Å². The van der Waals surface area contributed by atoms with Crippen molar-refractivity contribution in [3.05, 3.63) is 101 Å². The molecule has 0 unspecified atom stereocenters. The molecule has 0 saturated heterocycles. The SMILES string of the molecule is C[C@H](Sc1nnc(-c2ccccc2F)n1CCc1ccccc1)C(=O)c1ccc(C(C)(C)C)cc1. The van der Waals surface area contributed by atoms with Gasteiger partial charge < -0.3 is 4.57 Å². The lowest BCUT2D eigenvalue weighted by Gasteiger charge is -2.19. The standard InChI is InChI=1S/C29H30FN3OS/c1-20(26(34)22-14-16-23(17-15-22)29(2,3)4)35-28-32-31-27(24-12-8-9-13-25(24)30)33(28)19-18-21-10-6-5-7-11-21/h5-17,20H,18-19H2,1-4H3/t20-/m0/s1. The topological polar surface area (TPSA) is 47.8 Å². The summed E-state index contributed by atoms with van der Waals surface area (Å²) in [6.07, 6.45) is 0.741. The van der Waals surface area contributed by atoms with Crippen LogP contribution in [-0.2, 0) is 18.4 Å². The number of nitrogens with zero attached hydrogens (tertiary/aromatic N) is 3. The second kappa shape index (κ2) is 10.6. The average molecular weight is 488 g/mol. The van der Waals surface area contributed by atoms with Crippen LogP contribution in [0.15, 0.2) is 84.0 Å². The number of hydrogen-bond donors (Lipinski definition) is 0. The van der Waals surface area contributed by atoms with Crippen LogP contribution in [0.3, 0.4) is 0 Å². The Hall–Kier alpha value is -3.25. The first-order valence-corrected chi connectivity index (χ1v) is 12.7. The van der Waals surface area contributed by atoms with Crippen molar-refractivity contribution in [2.45, 2.75) is 56.5 Å². The third kappa shape index (κ3) is 5.88. The number of benzene rings is 3. The highest BCUT2D eigenvalue weighted by atomic mass is 32.2. The summed E-state index contributed by atoms with van der Waals surface area (Å²) in [5.41, 5.74) is 3.45. The highest BCUT2D eigenvalue weighted by Crippen LogP contribution is 2.30. The fourth-order valence-electron chi connectivity index (χ4n) is 3.89. The number of aryl methyl sites for hydroxylation is 1. The first-order chi connectivity index (χ1) is 16.7. The smallest absolute Gasteiger partial charge is 0.192 e. The van der Waals surface area contributed by atoms with Crippen LogP contribution in [0, 0.1) is 5.82 Å². The molecule has 1 aromatic heterocycles. The molecule has 0 saturated carbocycles. The molecule has 4 nitrogen and oxygen atoms in total. The minimum absolute atomic E-state index is 0.0280. The highest BCUT2D eigenvalue weighted by molar-refractivity contribution is 8.00. The third-order valence-electron chi connectivity index (χ3n) is 5.99. The molecule has 180 valence electrons. The van der Waals surface area contributed by atoms with Crippen molar-refractivity contribution < 1.29 is 9.18 Å². The predicted octanol–water partition coefficient (Wildman–Crippen LogP) is 6.99. The molecule has 0 radical (unpaired) electrons. The lowest BCUT2D eigenvalue weighted by atomic mass is 9.86. The van der Waals surface area contributed by atoms with Gasteiger partial charge in [-0.2, -0.15) is 0 Å². The van der Waals surface area contributed by atoms with E-state index in [4.69, 9.17) is 0 Å². The molecule has 0 aliphatic heterocycles. The van der Waals surface area contributed by atoms with Gasteiger partial charge >= 0.3 is 0 Å². The van der Waals surface area contributed by atoms with Crippen molar-refractivity contribution in [3.63, 3.8) is 0 Å². The van der Waals surface area contributed by atoms with Crippen LogP contribution in [0.25, 0.3) is 11.4 Å². The predicted molar refractivity (Wildman–Crippen MR) is 140 cm³/mol. The van der Waals surface area contributed by atoms with Gasteiger partial charge in [0.05, 0.1) is 10.8 Å². The fourth-order valence-corrected chi connectivity index (χ4v) is 4.84. The van der Waals surface area contributed by atoms with Gasteiger partial charge in [0.25, 0.3) is 0 Å². The van der Waals surface area contributed by atoms with Crippen LogP contribution >= 0.6 is 11.8 Å². The average Bonchev–Trinajstić information content (AvgIpc) is 3.24. The number of thioether (sulfide) groups is 1. The number of aromatic nitrogens is 3. The zero-order chi connectivity index (χ0) is 25.0. The summed E-state index contributed by atoms with van der Waals surface area (Å²) in [4.78, 5) is 13.2. The van der Waals surface area contributed by atoms with E-state index < -0.39 is 0 Å². The zero-order valence-corrected chi connectivity index (χ0v) is 21.3. The maximum Gasteiger partial charge on any atom is 0.192 e. The lowest BCUT2D eigenvalue weighted by Crippen LogP contribution is -2.16. The summed E-state index contributed by atoms with van der Waals surface area (Å²) in [6, 6.07) is 24.5. The summed E-state index contributed by atoms with van der Waals surface area (Å²) < 4.78 is 16.5. The van der Waals surface area contributed by atoms with Crippen molar-refractivity contribution >= 4 is 17.5 Å². The van der Waals surface area contributed by atoms with Gasteiger partial charge in [-0.3, -0.25) is 4.79 Å². The first kappa shape index (κ1) is 24.9. The summed E-state index contributed by atoms with van der Waals surface area (Å²) in [7, 11) is 0. The molecule has 0 amide bonds.